The van der Waals surface area contributed by atoms with Crippen LogP contribution in [0.2, 0.25) is 0 Å². The number of carbonyl (C=O) groups excluding carboxylic acids is 1. The molecular formula is C23H22O6. The van der Waals surface area contributed by atoms with Crippen LogP contribution >= 0.6 is 0 Å². The van der Waals surface area contributed by atoms with Crippen molar-refractivity contribution >= 4 is 16.9 Å². The van der Waals surface area contributed by atoms with E-state index in [1.807, 2.05) is 6.07 Å². The minimum absolute atomic E-state index is 0.0681. The van der Waals surface area contributed by atoms with E-state index in [-0.39, 0.29) is 12.0 Å². The second-order valence-electron chi connectivity index (χ2n) is 7.40. The standard InChI is InChI=1S/C23H22O6/c1-14(2)9-10-26-23(25)22-13-27-21-11-15(7-8-19(21)29-22)20-12-17(24)16-5-3-4-6-18(16)28-20/h3-8,11-12,14,22H,9-10,13H2,1-2H3. The zero-order valence-corrected chi connectivity index (χ0v) is 16.3. The maximum atomic E-state index is 12.3. The third-order valence-electron chi connectivity index (χ3n) is 4.72. The van der Waals surface area contributed by atoms with E-state index in [9.17, 15) is 9.59 Å². The Morgan fingerprint density at radius 3 is 2.79 bits per heavy atom. The second-order valence-corrected chi connectivity index (χ2v) is 7.40. The van der Waals surface area contributed by atoms with E-state index in [2.05, 4.69) is 13.8 Å². The maximum absolute atomic E-state index is 12.3. The first-order valence-electron chi connectivity index (χ1n) is 9.64. The highest BCUT2D eigenvalue weighted by molar-refractivity contribution is 5.79. The average Bonchev–Trinajstić information content (AvgIpc) is 2.72. The molecule has 0 fully saturated rings. The van der Waals surface area contributed by atoms with Crippen LogP contribution in [-0.4, -0.2) is 25.3 Å². The van der Waals surface area contributed by atoms with E-state index in [4.69, 9.17) is 18.6 Å². The number of hydrogen-bond donors (Lipinski definition) is 0. The summed E-state index contributed by atoms with van der Waals surface area (Å²) in [7, 11) is 0. The Balaban J connectivity index is 1.52. The SMILES string of the molecule is CC(C)CCOC(=O)C1COc2cc(-c3cc(=O)c4ccccc4o3)ccc2O1. The van der Waals surface area contributed by atoms with Crippen LogP contribution in [-0.2, 0) is 9.53 Å². The molecule has 4 rings (SSSR count). The molecule has 1 aromatic heterocycles. The van der Waals surface area contributed by atoms with E-state index in [0.717, 1.165) is 6.42 Å². The lowest BCUT2D eigenvalue weighted by atomic mass is 10.1. The molecule has 0 spiro atoms. The molecule has 1 aliphatic heterocycles. The van der Waals surface area contributed by atoms with Gasteiger partial charge in [0, 0.05) is 11.6 Å². The monoisotopic (exact) mass is 394 g/mol. The van der Waals surface area contributed by atoms with Crippen molar-refractivity contribution in [2.45, 2.75) is 26.4 Å². The largest absolute Gasteiger partial charge is 0.485 e. The fourth-order valence-corrected chi connectivity index (χ4v) is 3.07. The summed E-state index contributed by atoms with van der Waals surface area (Å²) in [5.41, 5.74) is 1.10. The van der Waals surface area contributed by atoms with Crippen LogP contribution in [0.15, 0.2) is 57.7 Å². The first kappa shape index (κ1) is 19.1. The van der Waals surface area contributed by atoms with Crippen LogP contribution in [0.4, 0.5) is 0 Å². The molecule has 0 saturated carbocycles. The number of ether oxygens (including phenoxy) is 3. The molecule has 0 radical (unpaired) electrons. The van der Waals surface area contributed by atoms with Crippen molar-refractivity contribution in [3.8, 4) is 22.8 Å². The van der Waals surface area contributed by atoms with Crippen molar-refractivity contribution in [3.05, 3.63) is 58.8 Å². The van der Waals surface area contributed by atoms with Crippen molar-refractivity contribution in [3.63, 3.8) is 0 Å². The molecule has 29 heavy (non-hydrogen) atoms. The summed E-state index contributed by atoms with van der Waals surface area (Å²) in [6, 6.07) is 13.8. The summed E-state index contributed by atoms with van der Waals surface area (Å²) >= 11 is 0. The van der Waals surface area contributed by atoms with Crippen molar-refractivity contribution in [2.24, 2.45) is 5.92 Å². The summed E-state index contributed by atoms with van der Waals surface area (Å²) in [5, 5.41) is 0.535. The van der Waals surface area contributed by atoms with Gasteiger partial charge in [-0.1, -0.05) is 26.0 Å². The highest BCUT2D eigenvalue weighted by Crippen LogP contribution is 2.36. The fraction of sp³-hybridized carbons (Fsp3) is 0.304. The van der Waals surface area contributed by atoms with Gasteiger partial charge in [0.1, 0.15) is 18.0 Å². The molecule has 2 heterocycles. The van der Waals surface area contributed by atoms with Gasteiger partial charge in [-0.15, -0.1) is 0 Å². The summed E-state index contributed by atoms with van der Waals surface area (Å²) in [4.78, 5) is 24.5. The molecule has 1 atom stereocenters. The first-order chi connectivity index (χ1) is 14.0. The number of benzene rings is 2. The van der Waals surface area contributed by atoms with Gasteiger partial charge in [-0.05, 0) is 42.7 Å². The Hall–Kier alpha value is -3.28. The third kappa shape index (κ3) is 4.11. The predicted molar refractivity (Wildman–Crippen MR) is 108 cm³/mol. The lowest BCUT2D eigenvalue weighted by Crippen LogP contribution is -2.38. The molecule has 150 valence electrons. The van der Waals surface area contributed by atoms with Crippen LogP contribution in [0.5, 0.6) is 11.5 Å². The van der Waals surface area contributed by atoms with E-state index in [1.165, 1.54) is 6.07 Å². The molecule has 6 heteroatoms. The van der Waals surface area contributed by atoms with E-state index in [1.54, 1.807) is 36.4 Å². The predicted octanol–water partition coefficient (Wildman–Crippen LogP) is 4.19. The number of rotatable bonds is 5. The van der Waals surface area contributed by atoms with Crippen LogP contribution in [0.3, 0.4) is 0 Å². The molecular weight excluding hydrogens is 372 g/mol. The number of esters is 1. The van der Waals surface area contributed by atoms with Gasteiger partial charge in [0.05, 0.1) is 12.0 Å². The smallest absolute Gasteiger partial charge is 0.350 e. The summed E-state index contributed by atoms with van der Waals surface area (Å²) < 4.78 is 22.6. The Bertz CT molecular complexity index is 1100. The van der Waals surface area contributed by atoms with Gasteiger partial charge in [-0.2, -0.15) is 0 Å². The normalized spacial score (nSPS) is 15.5. The molecule has 6 nitrogen and oxygen atoms in total. The lowest BCUT2D eigenvalue weighted by molar-refractivity contribution is -0.154. The third-order valence-corrected chi connectivity index (χ3v) is 4.72. The molecule has 0 N–H and O–H groups in total. The topological polar surface area (TPSA) is 75.0 Å². The van der Waals surface area contributed by atoms with Gasteiger partial charge in [0.25, 0.3) is 0 Å². The number of carbonyl (C=O) groups is 1. The number of fused-ring (bicyclic) bond motifs is 2. The second kappa shape index (κ2) is 7.99. The Morgan fingerprint density at radius 1 is 1.14 bits per heavy atom. The van der Waals surface area contributed by atoms with Gasteiger partial charge >= 0.3 is 5.97 Å². The summed E-state index contributed by atoms with van der Waals surface area (Å²) in [6.07, 6.45) is 0.00932. The van der Waals surface area contributed by atoms with Crippen LogP contribution in [0, 0.1) is 5.92 Å². The van der Waals surface area contributed by atoms with Gasteiger partial charge in [0.2, 0.25) is 6.10 Å². The maximum Gasteiger partial charge on any atom is 0.350 e. The minimum atomic E-state index is -0.792. The van der Waals surface area contributed by atoms with E-state index < -0.39 is 12.1 Å². The van der Waals surface area contributed by atoms with Crippen molar-refractivity contribution in [1.82, 2.24) is 0 Å². The molecule has 1 unspecified atom stereocenters. The van der Waals surface area contributed by atoms with Gasteiger partial charge in [0.15, 0.2) is 16.9 Å². The average molecular weight is 394 g/mol. The molecule has 0 saturated heterocycles. The number of para-hydroxylation sites is 1. The van der Waals surface area contributed by atoms with Crippen LogP contribution < -0.4 is 14.9 Å². The van der Waals surface area contributed by atoms with Gasteiger partial charge in [-0.3, -0.25) is 4.79 Å². The molecule has 1 aliphatic rings. The molecule has 0 amide bonds. The summed E-state index contributed by atoms with van der Waals surface area (Å²) in [6.45, 7) is 4.57. The molecule has 2 aromatic carbocycles. The molecule has 3 aromatic rings. The number of hydrogen-bond acceptors (Lipinski definition) is 6. The fourth-order valence-electron chi connectivity index (χ4n) is 3.07. The van der Waals surface area contributed by atoms with Crippen molar-refractivity contribution < 1.29 is 23.4 Å². The van der Waals surface area contributed by atoms with Crippen molar-refractivity contribution in [2.75, 3.05) is 13.2 Å². The Kier molecular flexibility index (Phi) is 5.25. The highest BCUT2D eigenvalue weighted by atomic mass is 16.6. The molecule has 0 bridgehead atoms. The minimum Gasteiger partial charge on any atom is -0.485 e. The summed E-state index contributed by atoms with van der Waals surface area (Å²) in [5.74, 6) is 1.41. The zero-order valence-electron chi connectivity index (χ0n) is 16.3. The van der Waals surface area contributed by atoms with E-state index in [0.29, 0.717) is 46.3 Å². The Labute approximate surface area is 168 Å². The molecule has 0 aliphatic carbocycles. The Morgan fingerprint density at radius 2 is 1.97 bits per heavy atom. The van der Waals surface area contributed by atoms with Crippen LogP contribution in [0.25, 0.3) is 22.3 Å². The first-order valence-corrected chi connectivity index (χ1v) is 9.64. The van der Waals surface area contributed by atoms with E-state index >= 15 is 0 Å². The van der Waals surface area contributed by atoms with Crippen LogP contribution in [0.1, 0.15) is 20.3 Å². The van der Waals surface area contributed by atoms with Gasteiger partial charge in [-0.25, -0.2) is 4.79 Å². The van der Waals surface area contributed by atoms with Gasteiger partial charge < -0.3 is 18.6 Å². The zero-order chi connectivity index (χ0) is 20.4. The quantitative estimate of drug-likeness (QED) is 0.604. The van der Waals surface area contributed by atoms with Crippen molar-refractivity contribution in [1.29, 1.82) is 0 Å². The lowest BCUT2D eigenvalue weighted by Gasteiger charge is -2.25. The highest BCUT2D eigenvalue weighted by Gasteiger charge is 2.29.